The number of unbranched alkanes of at least 4 members (excludes halogenated alkanes) is 1. The lowest BCUT2D eigenvalue weighted by Crippen LogP contribution is -2.39. The smallest absolute Gasteiger partial charge is 0.253 e. The standard InChI is InChI=1S/C21H27N3O/c1-3-5-13-23-15-12-22-20(23)19-7-6-14-24(16-19)21(25)18-10-8-17(4-2)9-11-18/h4,8-12,15,19H,2-3,5-7,13-14,16H2,1H3. The average Bonchev–Trinajstić information content (AvgIpc) is 3.14. The molecule has 1 saturated heterocycles. The molecule has 0 N–H and O–H groups in total. The van der Waals surface area contributed by atoms with Crippen molar-refractivity contribution in [1.82, 2.24) is 14.5 Å². The highest BCUT2D eigenvalue weighted by Gasteiger charge is 2.27. The van der Waals surface area contributed by atoms with Gasteiger partial charge in [0.1, 0.15) is 5.82 Å². The summed E-state index contributed by atoms with van der Waals surface area (Å²) >= 11 is 0. The van der Waals surface area contributed by atoms with Crippen LogP contribution in [0.5, 0.6) is 0 Å². The van der Waals surface area contributed by atoms with E-state index in [4.69, 9.17) is 0 Å². The third-order valence-electron chi connectivity index (χ3n) is 4.97. The first-order valence-corrected chi connectivity index (χ1v) is 9.25. The van der Waals surface area contributed by atoms with Crippen LogP contribution in [0.25, 0.3) is 6.08 Å². The van der Waals surface area contributed by atoms with Gasteiger partial charge in [0, 0.05) is 43.5 Å². The molecule has 0 saturated carbocycles. The maximum atomic E-state index is 12.8. The van der Waals surface area contributed by atoms with Gasteiger partial charge in [-0.1, -0.05) is 38.1 Å². The molecule has 0 bridgehead atoms. The molecule has 1 amide bonds. The fourth-order valence-electron chi connectivity index (χ4n) is 3.51. The Kier molecular flexibility index (Phi) is 5.69. The highest BCUT2D eigenvalue weighted by Crippen LogP contribution is 2.27. The number of imidazole rings is 1. The van der Waals surface area contributed by atoms with Gasteiger partial charge in [0.25, 0.3) is 5.91 Å². The van der Waals surface area contributed by atoms with Crippen molar-refractivity contribution < 1.29 is 4.79 Å². The predicted octanol–water partition coefficient (Wildman–Crippen LogP) is 4.35. The number of aryl methyl sites for hydroxylation is 1. The van der Waals surface area contributed by atoms with E-state index in [9.17, 15) is 4.79 Å². The van der Waals surface area contributed by atoms with E-state index in [2.05, 4.69) is 29.3 Å². The minimum absolute atomic E-state index is 0.118. The summed E-state index contributed by atoms with van der Waals surface area (Å²) in [6.07, 6.45) is 10.2. The molecule has 3 rings (SSSR count). The number of benzene rings is 1. The quantitative estimate of drug-likeness (QED) is 0.786. The highest BCUT2D eigenvalue weighted by atomic mass is 16.2. The van der Waals surface area contributed by atoms with Crippen LogP contribution in [0.3, 0.4) is 0 Å². The number of hydrogen-bond donors (Lipinski definition) is 0. The number of aromatic nitrogens is 2. The molecule has 1 unspecified atom stereocenters. The van der Waals surface area contributed by atoms with Crippen molar-refractivity contribution in [2.75, 3.05) is 13.1 Å². The van der Waals surface area contributed by atoms with Crippen LogP contribution in [0.2, 0.25) is 0 Å². The zero-order valence-corrected chi connectivity index (χ0v) is 15.0. The molecule has 1 aliphatic heterocycles. The second-order valence-corrected chi connectivity index (χ2v) is 6.75. The largest absolute Gasteiger partial charge is 0.338 e. The van der Waals surface area contributed by atoms with Crippen LogP contribution in [-0.4, -0.2) is 33.4 Å². The minimum atomic E-state index is 0.118. The van der Waals surface area contributed by atoms with E-state index in [0.29, 0.717) is 5.92 Å². The Hall–Kier alpha value is -2.36. The van der Waals surface area contributed by atoms with Crippen LogP contribution in [0.4, 0.5) is 0 Å². The van der Waals surface area contributed by atoms with Crippen LogP contribution >= 0.6 is 0 Å². The Labute approximate surface area is 150 Å². The molecule has 2 heterocycles. The van der Waals surface area contributed by atoms with Gasteiger partial charge >= 0.3 is 0 Å². The van der Waals surface area contributed by atoms with Gasteiger partial charge in [-0.05, 0) is 37.0 Å². The van der Waals surface area contributed by atoms with Crippen molar-refractivity contribution in [3.05, 3.63) is 60.2 Å². The van der Waals surface area contributed by atoms with E-state index in [-0.39, 0.29) is 5.91 Å². The van der Waals surface area contributed by atoms with Gasteiger partial charge in [-0.15, -0.1) is 0 Å². The number of carbonyl (C=O) groups excluding carboxylic acids is 1. The van der Waals surface area contributed by atoms with Gasteiger partial charge in [0.15, 0.2) is 0 Å². The molecular weight excluding hydrogens is 310 g/mol. The molecule has 132 valence electrons. The summed E-state index contributed by atoms with van der Waals surface area (Å²) in [4.78, 5) is 19.4. The van der Waals surface area contributed by atoms with E-state index in [1.807, 2.05) is 35.4 Å². The summed E-state index contributed by atoms with van der Waals surface area (Å²) in [5.74, 6) is 1.58. The summed E-state index contributed by atoms with van der Waals surface area (Å²) in [5.41, 5.74) is 1.78. The normalized spacial score (nSPS) is 17.5. The van der Waals surface area contributed by atoms with E-state index >= 15 is 0 Å². The van der Waals surface area contributed by atoms with Gasteiger partial charge < -0.3 is 9.47 Å². The second kappa shape index (κ2) is 8.15. The fourth-order valence-corrected chi connectivity index (χ4v) is 3.51. The topological polar surface area (TPSA) is 38.1 Å². The zero-order chi connectivity index (χ0) is 17.6. The van der Waals surface area contributed by atoms with E-state index in [1.54, 1.807) is 6.08 Å². The first kappa shape index (κ1) is 17.5. The number of hydrogen-bond acceptors (Lipinski definition) is 2. The minimum Gasteiger partial charge on any atom is -0.338 e. The predicted molar refractivity (Wildman–Crippen MR) is 102 cm³/mol. The van der Waals surface area contributed by atoms with Gasteiger partial charge in [0.2, 0.25) is 0 Å². The van der Waals surface area contributed by atoms with Gasteiger partial charge in [-0.3, -0.25) is 4.79 Å². The SMILES string of the molecule is C=Cc1ccc(C(=O)N2CCCC(c3nccn3CCCC)C2)cc1. The maximum absolute atomic E-state index is 12.8. The lowest BCUT2D eigenvalue weighted by molar-refractivity contribution is 0.0703. The second-order valence-electron chi connectivity index (χ2n) is 6.75. The van der Waals surface area contributed by atoms with Crippen molar-refractivity contribution in [3.8, 4) is 0 Å². The highest BCUT2D eigenvalue weighted by molar-refractivity contribution is 5.94. The van der Waals surface area contributed by atoms with Crippen LogP contribution in [0, 0.1) is 0 Å². The maximum Gasteiger partial charge on any atom is 0.253 e. The monoisotopic (exact) mass is 337 g/mol. The Morgan fingerprint density at radius 2 is 2.16 bits per heavy atom. The zero-order valence-electron chi connectivity index (χ0n) is 15.0. The third kappa shape index (κ3) is 4.01. The molecule has 4 nitrogen and oxygen atoms in total. The fraction of sp³-hybridized carbons (Fsp3) is 0.429. The first-order chi connectivity index (χ1) is 12.2. The molecular formula is C21H27N3O. The van der Waals surface area contributed by atoms with Gasteiger partial charge in [0.05, 0.1) is 0 Å². The number of amides is 1. The van der Waals surface area contributed by atoms with Gasteiger partial charge in [-0.25, -0.2) is 4.98 Å². The Morgan fingerprint density at radius 3 is 2.88 bits per heavy atom. The Balaban J connectivity index is 1.71. The third-order valence-corrected chi connectivity index (χ3v) is 4.97. The Bertz CT molecular complexity index is 717. The first-order valence-electron chi connectivity index (χ1n) is 9.25. The lowest BCUT2D eigenvalue weighted by atomic mass is 9.96. The van der Waals surface area contributed by atoms with Crippen LogP contribution in [-0.2, 0) is 6.54 Å². The molecule has 0 aliphatic carbocycles. The molecule has 1 fully saturated rings. The van der Waals surface area contributed by atoms with Crippen LogP contribution in [0.15, 0.2) is 43.2 Å². The summed E-state index contributed by atoms with van der Waals surface area (Å²) in [7, 11) is 0. The molecule has 1 aliphatic rings. The van der Waals surface area contributed by atoms with E-state index < -0.39 is 0 Å². The molecule has 2 aromatic rings. The number of carbonyl (C=O) groups is 1. The molecule has 25 heavy (non-hydrogen) atoms. The van der Waals surface area contributed by atoms with Crippen molar-refractivity contribution in [3.63, 3.8) is 0 Å². The lowest BCUT2D eigenvalue weighted by Gasteiger charge is -2.33. The number of likely N-dealkylation sites (tertiary alicyclic amines) is 1. The van der Waals surface area contributed by atoms with Crippen molar-refractivity contribution in [2.45, 2.75) is 45.1 Å². The average molecular weight is 337 g/mol. The van der Waals surface area contributed by atoms with Crippen molar-refractivity contribution in [1.29, 1.82) is 0 Å². The summed E-state index contributed by atoms with van der Waals surface area (Å²) in [5, 5.41) is 0. The molecule has 1 atom stereocenters. The summed E-state index contributed by atoms with van der Waals surface area (Å²) in [6, 6.07) is 7.68. The number of rotatable bonds is 6. The van der Waals surface area contributed by atoms with Crippen LogP contribution in [0.1, 0.15) is 60.3 Å². The molecule has 4 heteroatoms. The van der Waals surface area contributed by atoms with Crippen molar-refractivity contribution >= 4 is 12.0 Å². The number of piperidine rings is 1. The molecule has 0 radical (unpaired) electrons. The van der Waals surface area contributed by atoms with Crippen molar-refractivity contribution in [2.24, 2.45) is 0 Å². The molecule has 1 aromatic heterocycles. The van der Waals surface area contributed by atoms with Gasteiger partial charge in [-0.2, -0.15) is 0 Å². The van der Waals surface area contributed by atoms with E-state index in [1.165, 1.54) is 6.42 Å². The molecule has 0 spiro atoms. The summed E-state index contributed by atoms with van der Waals surface area (Å²) < 4.78 is 2.26. The number of nitrogens with zero attached hydrogens (tertiary/aromatic N) is 3. The summed E-state index contributed by atoms with van der Waals surface area (Å²) in [6.45, 7) is 8.56. The van der Waals surface area contributed by atoms with E-state index in [0.717, 1.165) is 55.8 Å². The Morgan fingerprint density at radius 1 is 1.36 bits per heavy atom. The molecule has 1 aromatic carbocycles. The van der Waals surface area contributed by atoms with Crippen LogP contribution < -0.4 is 0 Å².